The molecule has 1 saturated carbocycles. The number of hydrogen-bond donors (Lipinski definition) is 2. The van der Waals surface area contributed by atoms with Gasteiger partial charge in [0.1, 0.15) is 5.15 Å². The molecule has 6 rings (SSSR count). The third-order valence-electron chi connectivity index (χ3n) is 7.46. The average Bonchev–Trinajstić information content (AvgIpc) is 3.47. The Kier molecular flexibility index (Phi) is 4.87. The number of hydrogen-bond acceptors (Lipinski definition) is 7. The highest BCUT2D eigenvalue weighted by atomic mass is 35.5. The molecule has 8 nitrogen and oxygen atoms in total. The second-order valence-electron chi connectivity index (χ2n) is 9.41. The molecule has 168 valence electrons. The first-order chi connectivity index (χ1) is 15.6. The van der Waals surface area contributed by atoms with E-state index >= 15 is 0 Å². The van der Waals surface area contributed by atoms with E-state index in [4.69, 9.17) is 16.6 Å². The zero-order chi connectivity index (χ0) is 21.7. The Morgan fingerprint density at radius 3 is 2.69 bits per heavy atom. The molecule has 3 fully saturated rings. The van der Waals surface area contributed by atoms with Gasteiger partial charge >= 0.3 is 0 Å². The van der Waals surface area contributed by atoms with Gasteiger partial charge in [0.05, 0.1) is 11.8 Å². The Labute approximate surface area is 192 Å². The second-order valence-corrected chi connectivity index (χ2v) is 9.80. The molecule has 1 spiro atoms. The molecule has 3 aliphatic rings. The number of β-amino-alcohol motifs (C(OH)–C–C–N with tert-alkyl or cyclic N) is 1. The smallest absolute Gasteiger partial charge is 0.243 e. The summed E-state index contributed by atoms with van der Waals surface area (Å²) in [5.41, 5.74) is 3.21. The van der Waals surface area contributed by atoms with Crippen LogP contribution in [0.15, 0.2) is 36.7 Å². The molecule has 2 saturated heterocycles. The maximum absolute atomic E-state index is 10.6. The lowest BCUT2D eigenvalue weighted by Gasteiger charge is -2.37. The van der Waals surface area contributed by atoms with Crippen molar-refractivity contribution in [1.29, 1.82) is 0 Å². The van der Waals surface area contributed by atoms with E-state index in [1.807, 2.05) is 28.9 Å². The summed E-state index contributed by atoms with van der Waals surface area (Å²) in [7, 11) is 0. The summed E-state index contributed by atoms with van der Waals surface area (Å²) in [6, 6.07) is 8.35. The van der Waals surface area contributed by atoms with Crippen LogP contribution in [0.2, 0.25) is 5.15 Å². The van der Waals surface area contributed by atoms with Gasteiger partial charge in [0.25, 0.3) is 0 Å². The predicted octanol–water partition coefficient (Wildman–Crippen LogP) is 3.21. The van der Waals surface area contributed by atoms with Crippen LogP contribution in [0.5, 0.6) is 0 Å². The fraction of sp³-hybridized carbons (Fsp3) is 0.522. The van der Waals surface area contributed by atoms with Crippen molar-refractivity contribution < 1.29 is 5.11 Å². The van der Waals surface area contributed by atoms with E-state index in [1.165, 1.54) is 0 Å². The van der Waals surface area contributed by atoms with Gasteiger partial charge in [-0.2, -0.15) is 4.98 Å². The van der Waals surface area contributed by atoms with E-state index in [0.29, 0.717) is 23.7 Å². The van der Waals surface area contributed by atoms with Crippen molar-refractivity contribution in [3.05, 3.63) is 41.8 Å². The lowest BCUT2D eigenvalue weighted by Crippen LogP contribution is -2.45. The van der Waals surface area contributed by atoms with Gasteiger partial charge in [-0.15, -0.1) is 5.10 Å². The molecular formula is C23H28ClN7O. The Morgan fingerprint density at radius 2 is 1.94 bits per heavy atom. The number of nitrogens with zero attached hydrogens (tertiary/aromatic N) is 6. The summed E-state index contributed by atoms with van der Waals surface area (Å²) in [6.07, 6.45) is 8.83. The first-order valence-electron chi connectivity index (χ1n) is 11.5. The Hall–Kier alpha value is -2.58. The van der Waals surface area contributed by atoms with Crippen molar-refractivity contribution in [3.8, 4) is 0 Å². The maximum atomic E-state index is 10.6. The predicted molar refractivity (Wildman–Crippen MR) is 126 cm³/mol. The van der Waals surface area contributed by atoms with Crippen molar-refractivity contribution in [2.45, 2.75) is 44.2 Å². The number of pyridine rings is 2. The number of piperidine rings is 2. The van der Waals surface area contributed by atoms with Crippen molar-refractivity contribution in [2.75, 3.05) is 41.3 Å². The fourth-order valence-corrected chi connectivity index (χ4v) is 5.40. The zero-order valence-corrected chi connectivity index (χ0v) is 18.7. The van der Waals surface area contributed by atoms with E-state index in [1.54, 1.807) is 6.20 Å². The molecule has 3 aromatic heterocycles. The lowest BCUT2D eigenvalue weighted by molar-refractivity contribution is 0.0777. The largest absolute Gasteiger partial charge is 0.391 e. The molecule has 32 heavy (non-hydrogen) atoms. The number of anilines is 3. The third-order valence-corrected chi connectivity index (χ3v) is 7.66. The van der Waals surface area contributed by atoms with Gasteiger partial charge in [-0.1, -0.05) is 11.6 Å². The van der Waals surface area contributed by atoms with Gasteiger partial charge < -0.3 is 20.2 Å². The topological polar surface area (TPSA) is 81.8 Å². The van der Waals surface area contributed by atoms with E-state index in [-0.39, 0.29) is 11.5 Å². The van der Waals surface area contributed by atoms with Gasteiger partial charge in [0, 0.05) is 50.3 Å². The summed E-state index contributed by atoms with van der Waals surface area (Å²) in [4.78, 5) is 13.5. The number of aromatic nitrogens is 4. The molecule has 0 radical (unpaired) electrons. The second kappa shape index (κ2) is 7.78. The summed E-state index contributed by atoms with van der Waals surface area (Å²) in [6.45, 7) is 3.53. The Morgan fingerprint density at radius 1 is 1.09 bits per heavy atom. The summed E-state index contributed by atoms with van der Waals surface area (Å²) >= 11 is 6.05. The van der Waals surface area contributed by atoms with Gasteiger partial charge in [-0.25, -0.2) is 9.50 Å². The molecule has 1 aliphatic carbocycles. The molecule has 2 aliphatic heterocycles. The minimum atomic E-state index is -0.252. The number of aliphatic hydroxyl groups excluding tert-OH is 1. The highest BCUT2D eigenvalue weighted by molar-refractivity contribution is 6.29. The molecule has 0 unspecified atom stereocenters. The molecule has 0 aromatic carbocycles. The van der Waals surface area contributed by atoms with Crippen LogP contribution >= 0.6 is 11.6 Å². The van der Waals surface area contributed by atoms with E-state index < -0.39 is 0 Å². The Bertz CT molecular complexity index is 1120. The van der Waals surface area contributed by atoms with Crippen LogP contribution in [0.1, 0.15) is 32.1 Å². The Balaban J connectivity index is 1.14. The molecule has 5 heterocycles. The third kappa shape index (κ3) is 3.65. The lowest BCUT2D eigenvalue weighted by atomic mass is 9.90. The average molecular weight is 454 g/mol. The van der Waals surface area contributed by atoms with Crippen LogP contribution in [-0.4, -0.2) is 63.0 Å². The van der Waals surface area contributed by atoms with Crippen LogP contribution in [0.4, 0.5) is 17.3 Å². The van der Waals surface area contributed by atoms with Crippen LogP contribution in [0.3, 0.4) is 0 Å². The number of fused-ring (bicyclic) bond motifs is 1. The highest BCUT2D eigenvalue weighted by Crippen LogP contribution is 2.54. The maximum Gasteiger partial charge on any atom is 0.243 e. The van der Waals surface area contributed by atoms with Crippen molar-refractivity contribution >= 4 is 34.6 Å². The molecular weight excluding hydrogens is 426 g/mol. The van der Waals surface area contributed by atoms with Crippen LogP contribution in [0, 0.1) is 5.41 Å². The minimum absolute atomic E-state index is 0.193. The minimum Gasteiger partial charge on any atom is -0.391 e. The van der Waals surface area contributed by atoms with Gasteiger partial charge in [-0.05, 0) is 61.8 Å². The molecule has 0 bridgehead atoms. The normalized spacial score (nSPS) is 23.1. The molecule has 3 aromatic rings. The molecule has 0 amide bonds. The summed E-state index contributed by atoms with van der Waals surface area (Å²) in [5, 5.41) is 19.4. The number of rotatable bonds is 4. The van der Waals surface area contributed by atoms with Crippen molar-refractivity contribution in [2.24, 2.45) is 5.41 Å². The van der Waals surface area contributed by atoms with Gasteiger partial charge in [-0.3, -0.25) is 0 Å². The standard InChI is InChI=1S/C23H28ClN7O/c24-20-14-17(3-9-25-20)29-11-4-16(5-12-29)26-22-27-21-18(2-1-10-31(21)28-22)30-13-8-23(6-7-23)19(32)15-30/h1-3,9-10,14,16,19,32H,4-8,11-13,15H2,(H,26,28)/t19-/m1/s1. The molecule has 2 N–H and O–H groups in total. The van der Waals surface area contributed by atoms with Crippen molar-refractivity contribution in [1.82, 2.24) is 19.6 Å². The van der Waals surface area contributed by atoms with Crippen LogP contribution < -0.4 is 15.1 Å². The highest BCUT2D eigenvalue weighted by Gasteiger charge is 2.51. The van der Waals surface area contributed by atoms with E-state index in [2.05, 4.69) is 31.3 Å². The molecule has 9 heteroatoms. The van der Waals surface area contributed by atoms with Crippen molar-refractivity contribution in [3.63, 3.8) is 0 Å². The van der Waals surface area contributed by atoms with Crippen LogP contribution in [-0.2, 0) is 0 Å². The first kappa shape index (κ1) is 20.1. The zero-order valence-electron chi connectivity index (χ0n) is 18.0. The monoisotopic (exact) mass is 453 g/mol. The summed E-state index contributed by atoms with van der Waals surface area (Å²) in [5.74, 6) is 0.666. The van der Waals surface area contributed by atoms with Gasteiger partial charge in [0.2, 0.25) is 5.95 Å². The molecule has 1 atom stereocenters. The van der Waals surface area contributed by atoms with E-state index in [0.717, 1.165) is 68.8 Å². The number of halogens is 1. The first-order valence-corrected chi connectivity index (χ1v) is 11.9. The SMILES string of the molecule is O[C@@H]1CN(c2cccn3nc(NC4CCN(c5ccnc(Cl)c5)CC4)nc23)CCC12CC2. The summed E-state index contributed by atoms with van der Waals surface area (Å²) < 4.78 is 1.85. The number of nitrogens with one attached hydrogen (secondary N) is 1. The number of aliphatic hydroxyl groups is 1. The quantitative estimate of drug-likeness (QED) is 0.587. The fourth-order valence-electron chi connectivity index (χ4n) is 5.23. The van der Waals surface area contributed by atoms with Gasteiger partial charge in [0.15, 0.2) is 5.65 Å². The van der Waals surface area contributed by atoms with Crippen LogP contribution in [0.25, 0.3) is 5.65 Å². The van der Waals surface area contributed by atoms with E-state index in [9.17, 15) is 5.11 Å².